The SMILES string of the molecule is CN(CCCOc1ccc(N)nn1)C(=O)OC(C)(C)C. The maximum atomic E-state index is 11.7. The minimum Gasteiger partial charge on any atom is -0.477 e. The predicted molar refractivity (Wildman–Crippen MR) is 75.4 cm³/mol. The number of ether oxygens (including phenoxy) is 2. The number of hydrogen-bond acceptors (Lipinski definition) is 6. The van der Waals surface area contributed by atoms with E-state index in [1.54, 1.807) is 19.2 Å². The molecule has 0 radical (unpaired) electrons. The summed E-state index contributed by atoms with van der Waals surface area (Å²) in [6.07, 6.45) is 0.326. The third-order valence-corrected chi connectivity index (χ3v) is 2.25. The summed E-state index contributed by atoms with van der Waals surface area (Å²) in [4.78, 5) is 13.2. The highest BCUT2D eigenvalue weighted by Crippen LogP contribution is 2.09. The first-order chi connectivity index (χ1) is 9.28. The highest BCUT2D eigenvalue weighted by molar-refractivity contribution is 5.67. The van der Waals surface area contributed by atoms with E-state index in [0.29, 0.717) is 31.3 Å². The van der Waals surface area contributed by atoms with Gasteiger partial charge in [-0.05, 0) is 33.3 Å². The van der Waals surface area contributed by atoms with E-state index in [2.05, 4.69) is 10.2 Å². The molecule has 0 saturated carbocycles. The second kappa shape index (κ2) is 6.93. The van der Waals surface area contributed by atoms with Crippen LogP contribution in [0.25, 0.3) is 0 Å². The van der Waals surface area contributed by atoms with Crippen LogP contribution in [0.3, 0.4) is 0 Å². The van der Waals surface area contributed by atoms with Crippen molar-refractivity contribution < 1.29 is 14.3 Å². The van der Waals surface area contributed by atoms with Gasteiger partial charge in [0.1, 0.15) is 11.4 Å². The van der Waals surface area contributed by atoms with Crippen molar-refractivity contribution >= 4 is 11.9 Å². The molecule has 2 N–H and O–H groups in total. The first-order valence-corrected chi connectivity index (χ1v) is 6.44. The van der Waals surface area contributed by atoms with Crippen molar-refractivity contribution in [3.63, 3.8) is 0 Å². The van der Waals surface area contributed by atoms with Gasteiger partial charge in [0.05, 0.1) is 6.61 Å². The smallest absolute Gasteiger partial charge is 0.410 e. The van der Waals surface area contributed by atoms with Crippen LogP contribution in [0.5, 0.6) is 5.88 Å². The van der Waals surface area contributed by atoms with Crippen LogP contribution in [0, 0.1) is 0 Å². The monoisotopic (exact) mass is 282 g/mol. The predicted octanol–water partition coefficient (Wildman–Crippen LogP) is 1.69. The second-order valence-corrected chi connectivity index (χ2v) is 5.40. The molecular weight excluding hydrogens is 260 g/mol. The lowest BCUT2D eigenvalue weighted by Crippen LogP contribution is -2.35. The first kappa shape index (κ1) is 16.0. The summed E-state index contributed by atoms with van der Waals surface area (Å²) in [7, 11) is 1.69. The lowest BCUT2D eigenvalue weighted by atomic mass is 10.2. The molecule has 20 heavy (non-hydrogen) atoms. The Hall–Kier alpha value is -2.05. The minimum atomic E-state index is -0.485. The quantitative estimate of drug-likeness (QED) is 0.826. The van der Waals surface area contributed by atoms with Gasteiger partial charge in [-0.25, -0.2) is 4.79 Å². The molecule has 7 heteroatoms. The Labute approximate surface area is 119 Å². The van der Waals surface area contributed by atoms with Gasteiger partial charge in [-0.1, -0.05) is 0 Å². The van der Waals surface area contributed by atoms with E-state index in [4.69, 9.17) is 15.2 Å². The second-order valence-electron chi connectivity index (χ2n) is 5.40. The summed E-state index contributed by atoms with van der Waals surface area (Å²) in [5.74, 6) is 0.765. The van der Waals surface area contributed by atoms with Crippen LogP contribution in [0.2, 0.25) is 0 Å². The van der Waals surface area contributed by atoms with Crippen LogP contribution in [0.15, 0.2) is 12.1 Å². The standard InChI is InChI=1S/C13H22N4O3/c1-13(2,3)20-12(18)17(4)8-5-9-19-11-7-6-10(14)15-16-11/h6-7H,5,8-9H2,1-4H3,(H2,14,15). The van der Waals surface area contributed by atoms with E-state index in [1.807, 2.05) is 20.8 Å². The molecule has 0 unspecified atom stereocenters. The van der Waals surface area contributed by atoms with E-state index in [0.717, 1.165) is 0 Å². The fourth-order valence-electron chi connectivity index (χ4n) is 1.32. The van der Waals surface area contributed by atoms with E-state index in [-0.39, 0.29) is 6.09 Å². The van der Waals surface area contributed by atoms with Crippen molar-refractivity contribution in [3.05, 3.63) is 12.1 Å². The molecule has 0 fully saturated rings. The Morgan fingerprint density at radius 1 is 1.35 bits per heavy atom. The number of carbonyl (C=O) groups is 1. The van der Waals surface area contributed by atoms with Gasteiger partial charge in [0.15, 0.2) is 0 Å². The molecule has 0 bridgehead atoms. The van der Waals surface area contributed by atoms with Crippen LogP contribution in [0.1, 0.15) is 27.2 Å². The molecule has 1 aromatic rings. The molecule has 112 valence electrons. The van der Waals surface area contributed by atoms with Crippen LogP contribution < -0.4 is 10.5 Å². The molecule has 0 aromatic carbocycles. The fourth-order valence-corrected chi connectivity index (χ4v) is 1.32. The van der Waals surface area contributed by atoms with E-state index < -0.39 is 5.60 Å². The van der Waals surface area contributed by atoms with E-state index >= 15 is 0 Å². The third-order valence-electron chi connectivity index (χ3n) is 2.25. The number of nitrogens with zero attached hydrogens (tertiary/aromatic N) is 3. The molecule has 0 aliphatic rings. The number of amides is 1. The molecule has 0 atom stereocenters. The van der Waals surface area contributed by atoms with Crippen molar-refractivity contribution in [2.45, 2.75) is 32.8 Å². The minimum absolute atomic E-state index is 0.343. The van der Waals surface area contributed by atoms with Gasteiger partial charge in [0, 0.05) is 19.7 Å². The Bertz CT molecular complexity index is 428. The van der Waals surface area contributed by atoms with Crippen LogP contribution in [-0.2, 0) is 4.74 Å². The van der Waals surface area contributed by atoms with Crippen LogP contribution >= 0.6 is 0 Å². The molecule has 0 aliphatic heterocycles. The third kappa shape index (κ3) is 6.21. The zero-order chi connectivity index (χ0) is 15.2. The zero-order valence-electron chi connectivity index (χ0n) is 12.4. The van der Waals surface area contributed by atoms with Gasteiger partial charge in [-0.15, -0.1) is 10.2 Å². The van der Waals surface area contributed by atoms with Crippen molar-refractivity contribution in [2.75, 3.05) is 25.9 Å². The average Bonchev–Trinajstić information content (AvgIpc) is 2.34. The highest BCUT2D eigenvalue weighted by atomic mass is 16.6. The molecule has 1 aromatic heterocycles. The average molecular weight is 282 g/mol. The highest BCUT2D eigenvalue weighted by Gasteiger charge is 2.19. The summed E-state index contributed by atoms with van der Waals surface area (Å²) >= 11 is 0. The number of anilines is 1. The van der Waals surface area contributed by atoms with E-state index in [9.17, 15) is 4.79 Å². The van der Waals surface area contributed by atoms with Crippen molar-refractivity contribution in [1.29, 1.82) is 0 Å². The molecule has 0 aliphatic carbocycles. The van der Waals surface area contributed by atoms with Gasteiger partial charge in [0.2, 0.25) is 5.88 Å². The number of aromatic nitrogens is 2. The molecule has 7 nitrogen and oxygen atoms in total. The van der Waals surface area contributed by atoms with E-state index in [1.165, 1.54) is 4.90 Å². The topological polar surface area (TPSA) is 90.6 Å². The molecule has 0 spiro atoms. The Morgan fingerprint density at radius 3 is 2.60 bits per heavy atom. The fraction of sp³-hybridized carbons (Fsp3) is 0.615. The van der Waals surface area contributed by atoms with Crippen LogP contribution in [-0.4, -0.2) is 47.0 Å². The van der Waals surface area contributed by atoms with Gasteiger partial charge < -0.3 is 20.1 Å². The number of rotatable bonds is 5. The molecule has 1 amide bonds. The van der Waals surface area contributed by atoms with Gasteiger partial charge in [-0.2, -0.15) is 0 Å². The molecular formula is C13H22N4O3. The molecule has 1 heterocycles. The van der Waals surface area contributed by atoms with Crippen molar-refractivity contribution in [3.8, 4) is 5.88 Å². The maximum absolute atomic E-state index is 11.7. The molecule has 1 rings (SSSR count). The largest absolute Gasteiger partial charge is 0.477 e. The summed E-state index contributed by atoms with van der Waals surface area (Å²) in [5.41, 5.74) is 4.93. The summed E-state index contributed by atoms with van der Waals surface area (Å²) < 4.78 is 10.6. The lowest BCUT2D eigenvalue weighted by molar-refractivity contribution is 0.0292. The number of hydrogen-bond donors (Lipinski definition) is 1. The number of carbonyl (C=O) groups excluding carboxylic acids is 1. The summed E-state index contributed by atoms with van der Waals surface area (Å²) in [5, 5.41) is 7.46. The Balaban J connectivity index is 2.23. The first-order valence-electron chi connectivity index (χ1n) is 6.44. The Morgan fingerprint density at radius 2 is 2.05 bits per heavy atom. The van der Waals surface area contributed by atoms with Gasteiger partial charge in [-0.3, -0.25) is 0 Å². The summed E-state index contributed by atoms with van der Waals surface area (Å²) in [6.45, 7) is 6.48. The number of nitrogens with two attached hydrogens (primary N) is 1. The maximum Gasteiger partial charge on any atom is 0.410 e. The summed E-state index contributed by atoms with van der Waals surface area (Å²) in [6, 6.07) is 3.27. The van der Waals surface area contributed by atoms with Gasteiger partial charge in [0.25, 0.3) is 0 Å². The van der Waals surface area contributed by atoms with Gasteiger partial charge >= 0.3 is 6.09 Å². The normalized spacial score (nSPS) is 11.0. The van der Waals surface area contributed by atoms with Crippen molar-refractivity contribution in [2.24, 2.45) is 0 Å². The zero-order valence-corrected chi connectivity index (χ0v) is 12.4. The number of nitrogen functional groups attached to an aromatic ring is 1. The van der Waals surface area contributed by atoms with Crippen LogP contribution in [0.4, 0.5) is 10.6 Å². The van der Waals surface area contributed by atoms with Crippen molar-refractivity contribution in [1.82, 2.24) is 15.1 Å². The lowest BCUT2D eigenvalue weighted by Gasteiger charge is -2.24. The Kier molecular flexibility index (Phi) is 5.54. The molecule has 0 saturated heterocycles.